The fraction of sp³-hybridized carbons (Fsp3) is 0.278. The van der Waals surface area contributed by atoms with Crippen LogP contribution in [-0.4, -0.2) is 24.3 Å². The number of hydrogen-bond donors (Lipinski definition) is 0. The molecule has 8 nitrogen and oxygen atoms in total. The smallest absolute Gasteiger partial charge is 0.344 e. The highest BCUT2D eigenvalue weighted by molar-refractivity contribution is 6.10. The molecule has 2 aromatic carbocycles. The summed E-state index contributed by atoms with van der Waals surface area (Å²) < 4.78 is 12.2. The van der Waals surface area contributed by atoms with Crippen molar-refractivity contribution in [3.63, 3.8) is 0 Å². The molecule has 0 bridgehead atoms. The molecule has 10 rings (SSSR count). The molecule has 0 amide bonds. The standard InChI is InChI=1S/C36H33N8/c1-6-34-35(7-2,44-33(40(4)22(3)39-44)30-14-10-11-19-42(30)34)36(34)26-21-31-24(23-12-8-9-13-28(23)41(31)5)20-25(26)29-16-15-27-32(43(29)36)38-18-17-37-27/h8-21H,6-7H2,1-5H3/q+3. The van der Waals surface area contributed by atoms with Gasteiger partial charge in [0, 0.05) is 70.6 Å². The number of benzene rings is 2. The highest BCUT2D eigenvalue weighted by Crippen LogP contribution is 2.77. The van der Waals surface area contributed by atoms with E-state index < -0.39 is 11.1 Å². The SMILES string of the molecule is CCC12n3nc(C)[n+](C)c3-c3cccc[n+]3C1(CC)C21c2cc3c(cc2-c2ccc4nccnc4[n+]21)c1ccccc1n3C. The van der Waals surface area contributed by atoms with Gasteiger partial charge in [-0.15, -0.1) is 0 Å². The van der Waals surface area contributed by atoms with Gasteiger partial charge in [-0.05, 0) is 47.8 Å². The largest absolute Gasteiger partial charge is 0.350 e. The fourth-order valence-electron chi connectivity index (χ4n) is 10.0. The summed E-state index contributed by atoms with van der Waals surface area (Å²) in [6.07, 6.45) is 7.75. The lowest BCUT2D eigenvalue weighted by Gasteiger charge is -2.20. The molecule has 214 valence electrons. The molecule has 0 N–H and O–H groups in total. The first-order valence-electron chi connectivity index (χ1n) is 15.6. The quantitative estimate of drug-likeness (QED) is 0.284. The van der Waals surface area contributed by atoms with E-state index in [0.29, 0.717) is 0 Å². The fourth-order valence-corrected chi connectivity index (χ4v) is 10.0. The number of fused-ring (bicyclic) bond motifs is 18. The van der Waals surface area contributed by atoms with Crippen molar-refractivity contribution in [1.29, 1.82) is 0 Å². The molecule has 8 heteroatoms. The summed E-state index contributed by atoms with van der Waals surface area (Å²) in [6.45, 7) is 6.82. The minimum Gasteiger partial charge on any atom is -0.344 e. The van der Waals surface area contributed by atoms with Gasteiger partial charge >= 0.3 is 11.5 Å². The Bertz CT molecular complexity index is 2440. The molecule has 3 aliphatic rings. The molecule has 1 saturated carbocycles. The lowest BCUT2D eigenvalue weighted by Crippen LogP contribution is -2.61. The lowest BCUT2D eigenvalue weighted by molar-refractivity contribution is -0.794. The van der Waals surface area contributed by atoms with Gasteiger partial charge in [-0.2, -0.15) is 4.57 Å². The van der Waals surface area contributed by atoms with Crippen molar-refractivity contribution >= 4 is 33.0 Å². The number of pyridine rings is 2. The highest BCUT2D eigenvalue weighted by Gasteiger charge is 3.05. The zero-order chi connectivity index (χ0) is 29.7. The maximum Gasteiger partial charge on any atom is 0.350 e. The molecular formula is C36H33N8+3. The zero-order valence-corrected chi connectivity index (χ0v) is 25.6. The van der Waals surface area contributed by atoms with Crippen LogP contribution < -0.4 is 13.7 Å². The predicted molar refractivity (Wildman–Crippen MR) is 167 cm³/mol. The van der Waals surface area contributed by atoms with Gasteiger partial charge < -0.3 is 4.57 Å². The molecule has 1 fully saturated rings. The van der Waals surface area contributed by atoms with Crippen LogP contribution in [0.25, 0.3) is 55.7 Å². The maximum absolute atomic E-state index is 5.38. The number of hydrogen-bond acceptors (Lipinski definition) is 3. The van der Waals surface area contributed by atoms with E-state index in [0.717, 1.165) is 35.7 Å². The molecule has 3 unspecified atom stereocenters. The summed E-state index contributed by atoms with van der Waals surface area (Å²) in [5.41, 5.74) is 8.03. The van der Waals surface area contributed by atoms with Crippen LogP contribution in [0.4, 0.5) is 0 Å². The van der Waals surface area contributed by atoms with Crippen LogP contribution in [0.3, 0.4) is 0 Å². The normalized spacial score (nSPS) is 24.0. The van der Waals surface area contributed by atoms with Crippen LogP contribution in [0.15, 0.2) is 85.3 Å². The van der Waals surface area contributed by atoms with Gasteiger partial charge in [-0.1, -0.05) is 36.7 Å². The van der Waals surface area contributed by atoms with Crippen molar-refractivity contribution < 1.29 is 13.7 Å². The Kier molecular flexibility index (Phi) is 4.20. The summed E-state index contributed by atoms with van der Waals surface area (Å²) in [5.74, 6) is 2.14. The summed E-state index contributed by atoms with van der Waals surface area (Å²) in [4.78, 5) is 9.89. The number of para-hydroxylation sites is 1. The van der Waals surface area contributed by atoms with Crippen LogP contribution >= 0.6 is 0 Å². The second-order valence-electron chi connectivity index (χ2n) is 12.7. The van der Waals surface area contributed by atoms with E-state index >= 15 is 0 Å². The minimum absolute atomic E-state index is 0.349. The Labute approximate surface area is 254 Å². The summed E-state index contributed by atoms with van der Waals surface area (Å²) >= 11 is 0. The van der Waals surface area contributed by atoms with E-state index in [1.807, 2.05) is 6.20 Å². The number of aromatic nitrogens is 8. The first-order chi connectivity index (χ1) is 21.5. The van der Waals surface area contributed by atoms with Crippen molar-refractivity contribution in [2.24, 2.45) is 14.1 Å². The van der Waals surface area contributed by atoms with E-state index in [4.69, 9.17) is 15.1 Å². The van der Waals surface area contributed by atoms with Crippen molar-refractivity contribution in [3.8, 4) is 22.8 Å². The van der Waals surface area contributed by atoms with Gasteiger partial charge in [0.1, 0.15) is 5.69 Å². The Morgan fingerprint density at radius 2 is 1.66 bits per heavy atom. The molecule has 3 atom stereocenters. The second kappa shape index (κ2) is 7.56. The molecule has 1 aliphatic carbocycles. The van der Waals surface area contributed by atoms with E-state index in [1.165, 1.54) is 44.3 Å². The van der Waals surface area contributed by atoms with Crippen molar-refractivity contribution in [2.45, 2.75) is 50.2 Å². The van der Waals surface area contributed by atoms with Gasteiger partial charge in [0.05, 0.1) is 13.2 Å². The molecule has 2 aliphatic heterocycles. The van der Waals surface area contributed by atoms with Crippen LogP contribution in [0, 0.1) is 6.92 Å². The Balaban J connectivity index is 1.47. The molecule has 5 aromatic heterocycles. The average molecular weight is 578 g/mol. The molecule has 7 aromatic rings. The third kappa shape index (κ3) is 2.19. The third-order valence-corrected chi connectivity index (χ3v) is 11.6. The molecule has 44 heavy (non-hydrogen) atoms. The molecule has 0 radical (unpaired) electrons. The average Bonchev–Trinajstić information content (AvgIpc) is 3.19. The van der Waals surface area contributed by atoms with Gasteiger partial charge in [-0.3, -0.25) is 0 Å². The van der Waals surface area contributed by atoms with E-state index in [1.54, 1.807) is 6.20 Å². The number of aryl methyl sites for hydroxylation is 2. The van der Waals surface area contributed by atoms with E-state index in [9.17, 15) is 0 Å². The number of nitrogens with zero attached hydrogens (tertiary/aromatic N) is 8. The first-order valence-corrected chi connectivity index (χ1v) is 15.6. The Morgan fingerprint density at radius 1 is 0.841 bits per heavy atom. The van der Waals surface area contributed by atoms with Crippen LogP contribution in [0.2, 0.25) is 0 Å². The minimum atomic E-state index is -0.508. The molecule has 7 heterocycles. The number of rotatable bonds is 2. The van der Waals surface area contributed by atoms with Gasteiger partial charge in [-0.25, -0.2) is 14.1 Å². The van der Waals surface area contributed by atoms with Crippen LogP contribution in [-0.2, 0) is 30.7 Å². The Morgan fingerprint density at radius 3 is 2.50 bits per heavy atom. The highest BCUT2D eigenvalue weighted by atomic mass is 15.6. The molecular weight excluding hydrogens is 544 g/mol. The Hall–Kier alpha value is -4.98. The zero-order valence-electron chi connectivity index (χ0n) is 25.6. The molecule has 0 saturated heterocycles. The van der Waals surface area contributed by atoms with Crippen molar-refractivity contribution in [3.05, 3.63) is 96.7 Å². The van der Waals surface area contributed by atoms with Crippen molar-refractivity contribution in [1.82, 2.24) is 24.3 Å². The van der Waals surface area contributed by atoms with E-state index in [-0.39, 0.29) is 5.54 Å². The summed E-state index contributed by atoms with van der Waals surface area (Å²) in [6, 6.07) is 24.7. The first kappa shape index (κ1) is 24.5. The lowest BCUT2D eigenvalue weighted by atomic mass is 9.93. The van der Waals surface area contributed by atoms with Gasteiger partial charge in [0.15, 0.2) is 17.9 Å². The summed E-state index contributed by atoms with van der Waals surface area (Å²) in [7, 11) is 4.34. The maximum atomic E-state index is 5.38. The predicted octanol–water partition coefficient (Wildman–Crippen LogP) is 4.51. The van der Waals surface area contributed by atoms with E-state index in [2.05, 4.69) is 131 Å². The monoisotopic (exact) mass is 577 g/mol. The van der Waals surface area contributed by atoms with Crippen molar-refractivity contribution in [2.75, 3.05) is 0 Å². The van der Waals surface area contributed by atoms with Gasteiger partial charge in [0.25, 0.3) is 22.6 Å². The van der Waals surface area contributed by atoms with Gasteiger partial charge in [0.2, 0.25) is 5.54 Å². The summed E-state index contributed by atoms with van der Waals surface area (Å²) in [5, 5.41) is 7.94. The third-order valence-electron chi connectivity index (χ3n) is 11.6. The second-order valence-corrected chi connectivity index (χ2v) is 12.7. The van der Waals surface area contributed by atoms with Crippen LogP contribution in [0.5, 0.6) is 0 Å². The van der Waals surface area contributed by atoms with Crippen LogP contribution in [0.1, 0.15) is 38.1 Å². The topological polar surface area (TPSA) is 60.2 Å². The molecule has 1 spiro atoms.